The third-order valence-electron chi connectivity index (χ3n) is 5.77. The maximum absolute atomic E-state index is 12.1. The summed E-state index contributed by atoms with van der Waals surface area (Å²) in [4.78, 5) is 24.1. The van der Waals surface area contributed by atoms with Gasteiger partial charge in [0.25, 0.3) is 0 Å². The van der Waals surface area contributed by atoms with Gasteiger partial charge in [0.15, 0.2) is 5.78 Å². The average Bonchev–Trinajstić information content (AvgIpc) is 2.86. The number of nitrogens with one attached hydrogen (secondary N) is 2. The molecule has 1 amide bonds. The standard InChI is InChI=1S/C29H56N2O6/c1-25(2)30-18-9-7-6-8-13-28(32)16-17-29(33)31-26(3)14-15-27(4)37-24-12-23-36-22-11-21-35-20-10-19-34-5/h16-17,25-27,30H,6-15,18-24H2,1-5H3,(H,31,33)/b17-16+. The van der Waals surface area contributed by atoms with Crippen molar-refractivity contribution < 1.29 is 28.5 Å². The lowest BCUT2D eigenvalue weighted by atomic mass is 10.1. The fourth-order valence-corrected chi connectivity index (χ4v) is 3.57. The Labute approximate surface area is 226 Å². The molecule has 0 aliphatic rings. The molecule has 0 aromatic heterocycles. The molecule has 8 nitrogen and oxygen atoms in total. The van der Waals surface area contributed by atoms with Crippen molar-refractivity contribution in [3.8, 4) is 0 Å². The van der Waals surface area contributed by atoms with E-state index < -0.39 is 0 Å². The molecule has 0 aromatic carbocycles. The Hall–Kier alpha value is -1.32. The zero-order chi connectivity index (χ0) is 27.6. The van der Waals surface area contributed by atoms with Crippen LogP contribution in [-0.4, -0.2) is 83.2 Å². The van der Waals surface area contributed by atoms with Crippen molar-refractivity contribution >= 4 is 11.7 Å². The summed E-state index contributed by atoms with van der Waals surface area (Å²) in [5.74, 6) is -0.202. The number of unbranched alkanes of at least 4 members (excludes halogenated alkanes) is 3. The van der Waals surface area contributed by atoms with E-state index in [0.717, 1.165) is 84.2 Å². The van der Waals surface area contributed by atoms with Gasteiger partial charge in [0, 0.05) is 71.3 Å². The van der Waals surface area contributed by atoms with Crippen molar-refractivity contribution in [2.75, 3.05) is 53.3 Å². The molecule has 0 rings (SSSR count). The molecular formula is C29H56N2O6. The molecule has 0 aliphatic heterocycles. The number of carbonyl (C=O) groups is 2. The van der Waals surface area contributed by atoms with Crippen LogP contribution >= 0.6 is 0 Å². The van der Waals surface area contributed by atoms with E-state index in [1.165, 1.54) is 12.2 Å². The van der Waals surface area contributed by atoms with Gasteiger partial charge in [0.1, 0.15) is 0 Å². The predicted octanol–water partition coefficient (Wildman–Crippen LogP) is 4.60. The van der Waals surface area contributed by atoms with Crippen LogP contribution in [0.1, 0.15) is 91.9 Å². The first kappa shape index (κ1) is 35.7. The molecule has 2 unspecified atom stereocenters. The van der Waals surface area contributed by atoms with Crippen molar-refractivity contribution in [3.05, 3.63) is 12.2 Å². The van der Waals surface area contributed by atoms with Crippen molar-refractivity contribution in [2.24, 2.45) is 0 Å². The van der Waals surface area contributed by atoms with Crippen molar-refractivity contribution in [1.29, 1.82) is 0 Å². The smallest absolute Gasteiger partial charge is 0.244 e. The first-order chi connectivity index (χ1) is 17.8. The van der Waals surface area contributed by atoms with E-state index in [9.17, 15) is 9.59 Å². The number of amides is 1. The van der Waals surface area contributed by atoms with E-state index in [0.29, 0.717) is 32.3 Å². The lowest BCUT2D eigenvalue weighted by molar-refractivity contribution is -0.118. The van der Waals surface area contributed by atoms with Gasteiger partial charge in [-0.1, -0.05) is 26.7 Å². The van der Waals surface area contributed by atoms with Gasteiger partial charge >= 0.3 is 0 Å². The second-order valence-corrected chi connectivity index (χ2v) is 10.0. The normalized spacial score (nSPS) is 13.4. The molecule has 0 bridgehead atoms. The molecule has 0 heterocycles. The number of hydrogen-bond donors (Lipinski definition) is 2. The zero-order valence-electron chi connectivity index (χ0n) is 24.4. The number of rotatable bonds is 27. The Balaban J connectivity index is 3.64. The van der Waals surface area contributed by atoms with Gasteiger partial charge in [-0.25, -0.2) is 0 Å². The van der Waals surface area contributed by atoms with Crippen LogP contribution in [0.15, 0.2) is 12.2 Å². The Kier molecular flexibility index (Phi) is 25.4. The Bertz CT molecular complexity index is 571. The molecule has 0 aliphatic carbocycles. The molecular weight excluding hydrogens is 472 g/mol. The summed E-state index contributed by atoms with van der Waals surface area (Å²) < 4.78 is 21.9. The van der Waals surface area contributed by atoms with Gasteiger partial charge in [-0.15, -0.1) is 0 Å². The third kappa shape index (κ3) is 27.5. The summed E-state index contributed by atoms with van der Waals surface area (Å²) in [6.45, 7) is 13.6. The van der Waals surface area contributed by atoms with Crippen LogP contribution in [0.25, 0.3) is 0 Å². The van der Waals surface area contributed by atoms with E-state index in [1.54, 1.807) is 7.11 Å². The molecule has 2 N–H and O–H groups in total. The molecule has 8 heteroatoms. The van der Waals surface area contributed by atoms with Crippen molar-refractivity contribution in [2.45, 2.75) is 110 Å². The third-order valence-corrected chi connectivity index (χ3v) is 5.77. The fraction of sp³-hybridized carbons (Fsp3) is 0.862. The largest absolute Gasteiger partial charge is 0.385 e. The quantitative estimate of drug-likeness (QED) is 0.119. The summed E-state index contributed by atoms with van der Waals surface area (Å²) in [7, 11) is 1.70. The van der Waals surface area contributed by atoms with Gasteiger partial charge in [0.2, 0.25) is 5.91 Å². The first-order valence-electron chi connectivity index (χ1n) is 14.4. The second kappa shape index (κ2) is 26.3. The van der Waals surface area contributed by atoms with E-state index in [-0.39, 0.29) is 23.8 Å². The van der Waals surface area contributed by atoms with Gasteiger partial charge in [0.05, 0.1) is 6.10 Å². The number of carbonyl (C=O) groups excluding carboxylic acids is 2. The molecule has 0 fully saturated rings. The number of allylic oxidation sites excluding steroid dienone is 1. The van der Waals surface area contributed by atoms with Gasteiger partial charge in [-0.05, 0) is 71.4 Å². The van der Waals surface area contributed by atoms with E-state index >= 15 is 0 Å². The number of methoxy groups -OCH3 is 1. The number of ether oxygens (including phenoxy) is 4. The van der Waals surface area contributed by atoms with Crippen LogP contribution in [0.5, 0.6) is 0 Å². The van der Waals surface area contributed by atoms with Gasteiger partial charge < -0.3 is 29.6 Å². The molecule has 37 heavy (non-hydrogen) atoms. The summed E-state index contributed by atoms with van der Waals surface area (Å²) in [6.07, 6.45) is 11.9. The van der Waals surface area contributed by atoms with Crippen LogP contribution in [0.4, 0.5) is 0 Å². The van der Waals surface area contributed by atoms with Crippen LogP contribution < -0.4 is 10.6 Å². The van der Waals surface area contributed by atoms with Crippen molar-refractivity contribution in [3.63, 3.8) is 0 Å². The highest BCUT2D eigenvalue weighted by atomic mass is 16.5. The predicted molar refractivity (Wildman–Crippen MR) is 150 cm³/mol. The molecule has 0 radical (unpaired) electrons. The number of ketones is 1. The summed E-state index contributed by atoms with van der Waals surface area (Å²) >= 11 is 0. The minimum Gasteiger partial charge on any atom is -0.385 e. The SMILES string of the molecule is COCCCOCCCOCCCOC(C)CCC(C)NC(=O)/C=C/C(=O)CCCCCCNC(C)C. The topological polar surface area (TPSA) is 95.1 Å². The minimum atomic E-state index is -0.216. The Morgan fingerprint density at radius 1 is 0.730 bits per heavy atom. The van der Waals surface area contributed by atoms with E-state index in [4.69, 9.17) is 18.9 Å². The van der Waals surface area contributed by atoms with E-state index in [1.807, 2.05) is 6.92 Å². The maximum Gasteiger partial charge on any atom is 0.244 e. The highest BCUT2D eigenvalue weighted by Gasteiger charge is 2.09. The lowest BCUT2D eigenvalue weighted by Crippen LogP contribution is -2.32. The Morgan fingerprint density at radius 2 is 1.35 bits per heavy atom. The van der Waals surface area contributed by atoms with Crippen LogP contribution in [0.2, 0.25) is 0 Å². The molecule has 218 valence electrons. The first-order valence-corrected chi connectivity index (χ1v) is 14.4. The zero-order valence-corrected chi connectivity index (χ0v) is 24.4. The Morgan fingerprint density at radius 3 is 2.00 bits per heavy atom. The fourth-order valence-electron chi connectivity index (χ4n) is 3.57. The van der Waals surface area contributed by atoms with Gasteiger partial charge in [-0.2, -0.15) is 0 Å². The summed E-state index contributed by atoms with van der Waals surface area (Å²) in [6, 6.07) is 0.545. The summed E-state index contributed by atoms with van der Waals surface area (Å²) in [5, 5.41) is 6.32. The van der Waals surface area contributed by atoms with Crippen LogP contribution in [0, 0.1) is 0 Å². The molecule has 0 aromatic rings. The van der Waals surface area contributed by atoms with Crippen LogP contribution in [0.3, 0.4) is 0 Å². The monoisotopic (exact) mass is 528 g/mol. The second-order valence-electron chi connectivity index (χ2n) is 10.0. The summed E-state index contributed by atoms with van der Waals surface area (Å²) in [5.41, 5.74) is 0. The lowest BCUT2D eigenvalue weighted by Gasteiger charge is -2.17. The maximum atomic E-state index is 12.1. The van der Waals surface area contributed by atoms with Crippen molar-refractivity contribution in [1.82, 2.24) is 10.6 Å². The highest BCUT2D eigenvalue weighted by Crippen LogP contribution is 2.06. The van der Waals surface area contributed by atoms with Gasteiger partial charge in [-0.3, -0.25) is 9.59 Å². The highest BCUT2D eigenvalue weighted by molar-refractivity contribution is 5.97. The average molecular weight is 529 g/mol. The van der Waals surface area contributed by atoms with E-state index in [2.05, 4.69) is 31.4 Å². The molecule has 2 atom stereocenters. The molecule has 0 saturated heterocycles. The minimum absolute atomic E-state index is 0.0142. The number of hydrogen-bond acceptors (Lipinski definition) is 7. The van der Waals surface area contributed by atoms with Crippen LogP contribution in [-0.2, 0) is 28.5 Å². The molecule has 0 spiro atoms. The molecule has 0 saturated carbocycles.